The largest absolute Gasteiger partial charge is 0.326 e. The zero-order chi connectivity index (χ0) is 16.3. The minimum Gasteiger partial charge on any atom is -0.326 e. The van der Waals surface area contributed by atoms with Crippen molar-refractivity contribution < 1.29 is 13.2 Å². The third-order valence-electron chi connectivity index (χ3n) is 4.14. The molecular weight excluding hydrogens is 300 g/mol. The van der Waals surface area contributed by atoms with Crippen LogP contribution in [0.25, 0.3) is 0 Å². The summed E-state index contributed by atoms with van der Waals surface area (Å²) in [6, 6.07) is 5.10. The topological polar surface area (TPSA) is 66.5 Å². The molecule has 1 heterocycles. The molecule has 0 radical (unpaired) electrons. The molecule has 1 N–H and O–H groups in total. The maximum Gasteiger partial charge on any atom is 0.243 e. The van der Waals surface area contributed by atoms with Crippen LogP contribution >= 0.6 is 0 Å². The van der Waals surface area contributed by atoms with Crippen molar-refractivity contribution in [1.29, 1.82) is 0 Å². The molecule has 1 fully saturated rings. The SMILES string of the molecule is CCC1CCCCN1S(=O)(=O)c1cc(NC(C)=O)ccc1C. The lowest BCUT2D eigenvalue weighted by Crippen LogP contribution is -2.43. The summed E-state index contributed by atoms with van der Waals surface area (Å²) in [5.41, 5.74) is 1.22. The van der Waals surface area contributed by atoms with E-state index < -0.39 is 10.0 Å². The van der Waals surface area contributed by atoms with Crippen molar-refractivity contribution >= 4 is 21.6 Å². The Morgan fingerprint density at radius 3 is 2.73 bits per heavy atom. The van der Waals surface area contributed by atoms with Gasteiger partial charge in [-0.2, -0.15) is 4.31 Å². The number of amides is 1. The monoisotopic (exact) mass is 324 g/mol. The molecule has 1 saturated heterocycles. The number of nitrogens with zero attached hydrogens (tertiary/aromatic N) is 1. The molecule has 2 rings (SSSR count). The van der Waals surface area contributed by atoms with E-state index >= 15 is 0 Å². The first kappa shape index (κ1) is 17.0. The molecule has 1 amide bonds. The Hall–Kier alpha value is -1.40. The van der Waals surface area contributed by atoms with E-state index in [1.54, 1.807) is 29.4 Å². The lowest BCUT2D eigenvalue weighted by molar-refractivity contribution is -0.114. The van der Waals surface area contributed by atoms with E-state index in [2.05, 4.69) is 5.32 Å². The lowest BCUT2D eigenvalue weighted by atomic mass is 10.0. The average molecular weight is 324 g/mol. The molecule has 1 aliphatic heterocycles. The van der Waals surface area contributed by atoms with Crippen LogP contribution in [0.4, 0.5) is 5.69 Å². The summed E-state index contributed by atoms with van der Waals surface area (Å²) >= 11 is 0. The van der Waals surface area contributed by atoms with Crippen molar-refractivity contribution in [3.8, 4) is 0 Å². The van der Waals surface area contributed by atoms with Crippen molar-refractivity contribution in [2.75, 3.05) is 11.9 Å². The summed E-state index contributed by atoms with van der Waals surface area (Å²) in [6.45, 7) is 5.80. The molecule has 22 heavy (non-hydrogen) atoms. The lowest BCUT2D eigenvalue weighted by Gasteiger charge is -2.34. The molecule has 122 valence electrons. The van der Waals surface area contributed by atoms with Crippen LogP contribution in [0.3, 0.4) is 0 Å². The molecule has 0 aromatic heterocycles. The van der Waals surface area contributed by atoms with Crippen LogP contribution in [0, 0.1) is 6.92 Å². The highest BCUT2D eigenvalue weighted by atomic mass is 32.2. The predicted molar refractivity (Wildman–Crippen MR) is 87.3 cm³/mol. The number of hydrogen-bond donors (Lipinski definition) is 1. The molecule has 0 bridgehead atoms. The zero-order valence-electron chi connectivity index (χ0n) is 13.4. The van der Waals surface area contributed by atoms with Gasteiger partial charge in [-0.3, -0.25) is 4.79 Å². The second-order valence-electron chi connectivity index (χ2n) is 5.84. The van der Waals surface area contributed by atoms with Gasteiger partial charge in [0.25, 0.3) is 0 Å². The van der Waals surface area contributed by atoms with Gasteiger partial charge in [0.2, 0.25) is 15.9 Å². The molecule has 6 heteroatoms. The fourth-order valence-corrected chi connectivity index (χ4v) is 5.00. The third kappa shape index (κ3) is 3.50. The summed E-state index contributed by atoms with van der Waals surface area (Å²) in [7, 11) is -3.53. The van der Waals surface area contributed by atoms with E-state index in [0.29, 0.717) is 22.7 Å². The van der Waals surface area contributed by atoms with E-state index in [1.807, 2.05) is 6.92 Å². The highest BCUT2D eigenvalue weighted by Gasteiger charge is 2.33. The molecule has 0 aliphatic carbocycles. The standard InChI is InChI=1S/C16H24N2O3S/c1-4-15-7-5-6-10-18(15)22(20,21)16-11-14(17-13(3)19)9-8-12(16)2/h8-9,11,15H,4-7,10H2,1-3H3,(H,17,19). The number of carbonyl (C=O) groups excluding carboxylic acids is 1. The first-order valence-corrected chi connectivity index (χ1v) is 9.20. The van der Waals surface area contributed by atoms with Gasteiger partial charge in [-0.25, -0.2) is 8.42 Å². The number of carbonyl (C=O) groups is 1. The van der Waals surface area contributed by atoms with Crippen LogP contribution in [0.15, 0.2) is 23.1 Å². The predicted octanol–water partition coefficient (Wildman–Crippen LogP) is 2.91. The van der Waals surface area contributed by atoms with Crippen molar-refractivity contribution in [3.63, 3.8) is 0 Å². The molecule has 1 aliphatic rings. The third-order valence-corrected chi connectivity index (χ3v) is 6.23. The van der Waals surface area contributed by atoms with Crippen molar-refractivity contribution in [1.82, 2.24) is 4.31 Å². The van der Waals surface area contributed by atoms with Gasteiger partial charge in [0.1, 0.15) is 0 Å². The Balaban J connectivity index is 2.41. The highest BCUT2D eigenvalue weighted by Crippen LogP contribution is 2.30. The minimum absolute atomic E-state index is 0.0718. The Morgan fingerprint density at radius 1 is 1.36 bits per heavy atom. The Kier molecular flexibility index (Phi) is 5.24. The Bertz CT molecular complexity index is 655. The van der Waals surface area contributed by atoms with Gasteiger partial charge in [0.15, 0.2) is 0 Å². The van der Waals surface area contributed by atoms with Crippen LogP contribution in [-0.4, -0.2) is 31.2 Å². The summed E-state index contributed by atoms with van der Waals surface area (Å²) in [6.07, 6.45) is 3.72. The number of anilines is 1. The number of nitrogens with one attached hydrogen (secondary N) is 1. The summed E-state index contributed by atoms with van der Waals surface area (Å²) in [5.74, 6) is -0.211. The number of benzene rings is 1. The second kappa shape index (κ2) is 6.79. The van der Waals surface area contributed by atoms with Crippen LogP contribution in [-0.2, 0) is 14.8 Å². The molecule has 0 saturated carbocycles. The van der Waals surface area contributed by atoms with E-state index in [0.717, 1.165) is 25.7 Å². The first-order valence-electron chi connectivity index (χ1n) is 7.76. The molecule has 1 atom stereocenters. The number of aryl methyl sites for hydroxylation is 1. The minimum atomic E-state index is -3.53. The van der Waals surface area contributed by atoms with Crippen molar-refractivity contribution in [2.45, 2.75) is 57.4 Å². The van der Waals surface area contributed by atoms with E-state index in [-0.39, 0.29) is 11.9 Å². The van der Waals surface area contributed by atoms with Crippen LogP contribution in [0.5, 0.6) is 0 Å². The first-order chi connectivity index (χ1) is 10.4. The van der Waals surface area contributed by atoms with Crippen molar-refractivity contribution in [2.24, 2.45) is 0 Å². The molecule has 1 unspecified atom stereocenters. The second-order valence-corrected chi connectivity index (χ2v) is 7.69. The Morgan fingerprint density at radius 2 is 2.09 bits per heavy atom. The van der Waals surface area contributed by atoms with Gasteiger partial charge in [-0.1, -0.05) is 19.4 Å². The van der Waals surface area contributed by atoms with Crippen LogP contribution in [0.1, 0.15) is 45.1 Å². The normalized spacial score (nSPS) is 19.9. The molecule has 1 aromatic carbocycles. The number of piperidine rings is 1. The molecule has 5 nitrogen and oxygen atoms in total. The van der Waals surface area contributed by atoms with E-state index in [4.69, 9.17) is 0 Å². The van der Waals surface area contributed by atoms with Gasteiger partial charge in [0.05, 0.1) is 4.90 Å². The number of sulfonamides is 1. The smallest absolute Gasteiger partial charge is 0.243 e. The van der Waals surface area contributed by atoms with Gasteiger partial charge in [-0.05, 0) is 43.9 Å². The van der Waals surface area contributed by atoms with Gasteiger partial charge >= 0.3 is 0 Å². The number of hydrogen-bond acceptors (Lipinski definition) is 3. The van der Waals surface area contributed by atoms with Crippen molar-refractivity contribution in [3.05, 3.63) is 23.8 Å². The summed E-state index contributed by atoms with van der Waals surface area (Å²) in [4.78, 5) is 11.5. The fraction of sp³-hybridized carbons (Fsp3) is 0.562. The quantitative estimate of drug-likeness (QED) is 0.926. The fourth-order valence-electron chi connectivity index (χ4n) is 2.98. The van der Waals surface area contributed by atoms with Crippen LogP contribution in [0.2, 0.25) is 0 Å². The summed E-state index contributed by atoms with van der Waals surface area (Å²) < 4.78 is 27.7. The summed E-state index contributed by atoms with van der Waals surface area (Å²) in [5, 5.41) is 2.65. The zero-order valence-corrected chi connectivity index (χ0v) is 14.2. The van der Waals surface area contributed by atoms with E-state index in [1.165, 1.54) is 6.92 Å². The van der Waals surface area contributed by atoms with E-state index in [9.17, 15) is 13.2 Å². The Labute approximate surface area is 132 Å². The molecular formula is C16H24N2O3S. The highest BCUT2D eigenvalue weighted by molar-refractivity contribution is 7.89. The molecule has 1 aromatic rings. The van der Waals surface area contributed by atoms with Gasteiger partial charge in [-0.15, -0.1) is 0 Å². The maximum absolute atomic E-state index is 13.0. The number of rotatable bonds is 4. The average Bonchev–Trinajstić information content (AvgIpc) is 2.48. The van der Waals surface area contributed by atoms with Gasteiger partial charge < -0.3 is 5.32 Å². The maximum atomic E-state index is 13.0. The van der Waals surface area contributed by atoms with Gasteiger partial charge in [0, 0.05) is 25.2 Å². The van der Waals surface area contributed by atoms with Crippen LogP contribution < -0.4 is 5.32 Å². The molecule has 0 spiro atoms.